The van der Waals surface area contributed by atoms with E-state index >= 15 is 0 Å². The second-order valence-corrected chi connectivity index (χ2v) is 6.88. The second-order valence-electron chi connectivity index (χ2n) is 6.88. The number of ether oxygens (including phenoxy) is 3. The summed E-state index contributed by atoms with van der Waals surface area (Å²) in [5, 5.41) is 0. The lowest BCUT2D eigenvalue weighted by Gasteiger charge is -2.10. The first-order chi connectivity index (χ1) is 14.6. The Morgan fingerprint density at radius 1 is 0.967 bits per heavy atom. The molecule has 0 radical (unpaired) electrons. The van der Waals surface area contributed by atoms with Gasteiger partial charge in [0.15, 0.2) is 5.76 Å². The van der Waals surface area contributed by atoms with E-state index in [2.05, 4.69) is 0 Å². The van der Waals surface area contributed by atoms with E-state index in [1.54, 1.807) is 32.2 Å². The van der Waals surface area contributed by atoms with E-state index in [1.165, 1.54) is 0 Å². The highest BCUT2D eigenvalue weighted by Gasteiger charge is 2.30. The molecule has 0 aromatic heterocycles. The third-order valence-corrected chi connectivity index (χ3v) is 4.88. The summed E-state index contributed by atoms with van der Waals surface area (Å²) in [6.45, 7) is 1.77. The average molecular weight is 400 g/mol. The monoisotopic (exact) mass is 400 g/mol. The van der Waals surface area contributed by atoms with Crippen LogP contribution in [0.15, 0.2) is 72.5 Å². The quantitative estimate of drug-likeness (QED) is 0.351. The van der Waals surface area contributed by atoms with Gasteiger partial charge in [0.2, 0.25) is 5.78 Å². The molecule has 1 heterocycles. The number of fused-ring (bicyclic) bond motifs is 1. The Morgan fingerprint density at radius 3 is 2.47 bits per heavy atom. The predicted molar refractivity (Wildman–Crippen MR) is 113 cm³/mol. The van der Waals surface area contributed by atoms with Gasteiger partial charge in [0, 0.05) is 11.1 Å². The molecule has 5 nitrogen and oxygen atoms in total. The lowest BCUT2D eigenvalue weighted by atomic mass is 10.1. The van der Waals surface area contributed by atoms with Crippen molar-refractivity contribution < 1.29 is 23.8 Å². The maximum absolute atomic E-state index is 12.8. The summed E-state index contributed by atoms with van der Waals surface area (Å²) in [6.07, 6.45) is 1.82. The first kappa shape index (κ1) is 19.5. The molecular formula is C25H20O5. The van der Waals surface area contributed by atoms with E-state index in [0.717, 1.165) is 11.1 Å². The Bertz CT molecular complexity index is 1150. The molecule has 150 valence electrons. The molecule has 0 amide bonds. The number of hydrogen-bond donors (Lipinski definition) is 0. The molecule has 3 aromatic carbocycles. The van der Waals surface area contributed by atoms with Crippen LogP contribution in [0.1, 0.15) is 27.0 Å². The highest BCUT2D eigenvalue weighted by molar-refractivity contribution is 6.15. The summed E-state index contributed by atoms with van der Waals surface area (Å²) in [4.78, 5) is 25.1. The number of carbonyl (C=O) groups is 2. The molecule has 0 aliphatic carbocycles. The fourth-order valence-corrected chi connectivity index (χ4v) is 3.33. The largest absolute Gasteiger partial charge is 0.496 e. The van der Waals surface area contributed by atoms with Crippen molar-refractivity contribution in [3.05, 3.63) is 94.7 Å². The molecule has 1 aliphatic heterocycles. The van der Waals surface area contributed by atoms with Crippen LogP contribution in [-0.2, 0) is 11.2 Å². The van der Waals surface area contributed by atoms with Crippen LogP contribution in [0, 0.1) is 6.92 Å². The molecule has 30 heavy (non-hydrogen) atoms. The first-order valence-corrected chi connectivity index (χ1v) is 9.52. The van der Waals surface area contributed by atoms with Crippen molar-refractivity contribution in [2.45, 2.75) is 13.3 Å². The van der Waals surface area contributed by atoms with E-state index in [4.69, 9.17) is 14.2 Å². The zero-order valence-electron chi connectivity index (χ0n) is 16.7. The van der Waals surface area contributed by atoms with Gasteiger partial charge in [-0.05, 0) is 36.8 Å². The summed E-state index contributed by atoms with van der Waals surface area (Å²) < 4.78 is 16.7. The van der Waals surface area contributed by atoms with Gasteiger partial charge in [-0.3, -0.25) is 9.59 Å². The third-order valence-electron chi connectivity index (χ3n) is 4.88. The van der Waals surface area contributed by atoms with Crippen LogP contribution in [0.25, 0.3) is 6.08 Å². The number of esters is 1. The zero-order chi connectivity index (χ0) is 21.1. The maximum atomic E-state index is 12.8. The van der Waals surface area contributed by atoms with Crippen molar-refractivity contribution in [2.24, 2.45) is 0 Å². The number of carbonyl (C=O) groups excluding carboxylic acids is 2. The Kier molecular flexibility index (Phi) is 5.35. The fourth-order valence-electron chi connectivity index (χ4n) is 3.33. The smallest absolute Gasteiger partial charge is 0.315 e. The van der Waals surface area contributed by atoms with E-state index in [9.17, 15) is 9.59 Å². The predicted octanol–water partition coefficient (Wildman–Crippen LogP) is 4.77. The molecule has 3 aromatic rings. The summed E-state index contributed by atoms with van der Waals surface area (Å²) in [6, 6.07) is 20.0. The maximum Gasteiger partial charge on any atom is 0.315 e. The Labute approximate surface area is 174 Å². The fraction of sp³-hybridized carbons (Fsp3) is 0.120. The second kappa shape index (κ2) is 8.25. The standard InChI is InChI=1S/C25H20O5/c1-16-20(29-23(26)14-17-8-4-3-5-9-17)13-12-19-24(27)22(30-25(16)19)15-18-10-6-7-11-21(18)28-2/h3-13,15H,14H2,1-2H3/b22-15-. The van der Waals surface area contributed by atoms with Crippen LogP contribution in [0.3, 0.4) is 0 Å². The third kappa shape index (κ3) is 3.82. The van der Waals surface area contributed by atoms with Gasteiger partial charge in [0.25, 0.3) is 0 Å². The van der Waals surface area contributed by atoms with Gasteiger partial charge < -0.3 is 14.2 Å². The number of methoxy groups -OCH3 is 1. The number of hydrogen-bond acceptors (Lipinski definition) is 5. The van der Waals surface area contributed by atoms with Crippen molar-refractivity contribution in [3.8, 4) is 17.2 Å². The normalized spacial score (nSPS) is 13.7. The topological polar surface area (TPSA) is 61.8 Å². The van der Waals surface area contributed by atoms with Crippen molar-refractivity contribution in [3.63, 3.8) is 0 Å². The SMILES string of the molecule is COc1ccccc1/C=C1\Oc2c(ccc(OC(=O)Cc3ccccc3)c2C)C1=O. The van der Waals surface area contributed by atoms with Crippen LogP contribution in [0.4, 0.5) is 0 Å². The molecule has 0 bridgehead atoms. The molecule has 0 atom stereocenters. The molecule has 0 unspecified atom stereocenters. The van der Waals surface area contributed by atoms with E-state index in [-0.39, 0.29) is 23.9 Å². The number of benzene rings is 3. The Hall–Kier alpha value is -3.86. The highest BCUT2D eigenvalue weighted by Crippen LogP contribution is 2.39. The van der Waals surface area contributed by atoms with Crippen LogP contribution in [-0.4, -0.2) is 18.9 Å². The van der Waals surface area contributed by atoms with Gasteiger partial charge in [0.1, 0.15) is 17.2 Å². The summed E-state index contributed by atoms with van der Waals surface area (Å²) in [5.74, 6) is 1.03. The van der Waals surface area contributed by atoms with Gasteiger partial charge >= 0.3 is 5.97 Å². The van der Waals surface area contributed by atoms with Crippen LogP contribution in [0.2, 0.25) is 0 Å². The molecular weight excluding hydrogens is 380 g/mol. The minimum atomic E-state index is -0.377. The number of rotatable bonds is 5. The average Bonchev–Trinajstić information content (AvgIpc) is 3.07. The minimum Gasteiger partial charge on any atom is -0.496 e. The van der Waals surface area contributed by atoms with Gasteiger partial charge in [0.05, 0.1) is 19.1 Å². The van der Waals surface area contributed by atoms with Gasteiger partial charge in [-0.1, -0.05) is 48.5 Å². The van der Waals surface area contributed by atoms with E-state index in [1.807, 2.05) is 54.6 Å². The number of para-hydroxylation sites is 1. The van der Waals surface area contributed by atoms with Gasteiger partial charge in [-0.25, -0.2) is 0 Å². The molecule has 0 saturated carbocycles. The first-order valence-electron chi connectivity index (χ1n) is 9.52. The molecule has 0 spiro atoms. The van der Waals surface area contributed by atoms with Gasteiger partial charge in [-0.2, -0.15) is 0 Å². The highest BCUT2D eigenvalue weighted by atomic mass is 16.5. The molecule has 1 aliphatic rings. The Balaban J connectivity index is 1.57. The molecule has 5 heteroatoms. The number of allylic oxidation sites excluding steroid dienone is 1. The van der Waals surface area contributed by atoms with Crippen LogP contribution in [0.5, 0.6) is 17.2 Å². The zero-order valence-corrected chi connectivity index (χ0v) is 16.7. The van der Waals surface area contributed by atoms with Crippen LogP contribution >= 0.6 is 0 Å². The minimum absolute atomic E-state index is 0.163. The molecule has 4 rings (SSSR count). The van der Waals surface area contributed by atoms with Gasteiger partial charge in [-0.15, -0.1) is 0 Å². The summed E-state index contributed by atoms with van der Waals surface area (Å²) in [7, 11) is 1.57. The molecule has 0 N–H and O–H groups in total. The Morgan fingerprint density at radius 2 is 1.70 bits per heavy atom. The lowest BCUT2D eigenvalue weighted by Crippen LogP contribution is -2.12. The number of ketones is 1. The van der Waals surface area contributed by atoms with Crippen molar-refractivity contribution in [1.29, 1.82) is 0 Å². The van der Waals surface area contributed by atoms with Crippen molar-refractivity contribution in [2.75, 3.05) is 7.11 Å². The van der Waals surface area contributed by atoms with E-state index < -0.39 is 0 Å². The number of Topliss-reactive ketones (excluding diaryl/α,β-unsaturated/α-hetero) is 1. The van der Waals surface area contributed by atoms with E-state index in [0.29, 0.717) is 28.4 Å². The molecule has 0 saturated heterocycles. The summed E-state index contributed by atoms with van der Waals surface area (Å²) in [5.41, 5.74) is 2.65. The van der Waals surface area contributed by atoms with Crippen molar-refractivity contribution in [1.82, 2.24) is 0 Å². The lowest BCUT2D eigenvalue weighted by molar-refractivity contribution is -0.133. The van der Waals surface area contributed by atoms with Crippen molar-refractivity contribution >= 4 is 17.8 Å². The summed E-state index contributed by atoms with van der Waals surface area (Å²) >= 11 is 0. The van der Waals surface area contributed by atoms with Crippen LogP contribution < -0.4 is 14.2 Å². The molecule has 0 fully saturated rings.